The number of aromatic amines is 1. The molecule has 11 aromatic rings. The van der Waals surface area contributed by atoms with Crippen molar-refractivity contribution in [3.63, 3.8) is 0 Å². The fourth-order valence-electron chi connectivity index (χ4n) is 10.5. The number of aromatic nitrogens is 4. The van der Waals surface area contributed by atoms with Crippen LogP contribution in [0.15, 0.2) is 212 Å². The summed E-state index contributed by atoms with van der Waals surface area (Å²) in [7, 11) is 2.35. The van der Waals surface area contributed by atoms with Crippen LogP contribution in [0.25, 0.3) is 105 Å². The van der Waals surface area contributed by atoms with E-state index in [1.165, 1.54) is 44.4 Å². The van der Waals surface area contributed by atoms with E-state index >= 15 is 0 Å². The first-order valence-electron chi connectivity index (χ1n) is 22.4. The minimum atomic E-state index is 0.663. The lowest BCUT2D eigenvalue weighted by Crippen LogP contribution is -2.37. The standard InChI is InChI=1S/C60H42N5/c1-65(55-27-11-8-23-47(55)48-24-9-12-28-56(48)65)46-22-14-20-44(34-46)53-37-52(63-60(64-53)40-15-3-2-4-16-40)39-31-29-38(30-32-39)41-19-13-21-45(33-41)58-57-49-25-7-10-26-51(49)61-59(57)50-35-42-17-5-6-18-43(42)36-54(50)62-58/h2-11,13-27,29-37,61H,12,28H2,1H3/q+1. The van der Waals surface area contributed by atoms with Gasteiger partial charge >= 0.3 is 0 Å². The number of pyridine rings is 1. The number of nitrogens with zero attached hydrogens (tertiary/aromatic N) is 4. The van der Waals surface area contributed by atoms with E-state index in [1.807, 2.05) is 18.2 Å². The largest absolute Gasteiger partial charge is 0.354 e. The molecule has 1 aliphatic heterocycles. The first kappa shape index (κ1) is 37.3. The molecule has 0 amide bonds. The molecular weight excluding hydrogens is 791 g/mol. The Balaban J connectivity index is 0.895. The van der Waals surface area contributed by atoms with Crippen molar-refractivity contribution >= 4 is 60.4 Å². The van der Waals surface area contributed by atoms with Gasteiger partial charge in [-0.1, -0.05) is 152 Å². The third-order valence-electron chi connectivity index (χ3n) is 13.7. The number of nitrogens with one attached hydrogen (secondary N) is 1. The molecule has 0 radical (unpaired) electrons. The van der Waals surface area contributed by atoms with E-state index in [4.69, 9.17) is 15.0 Å². The molecule has 8 aromatic carbocycles. The van der Waals surface area contributed by atoms with E-state index in [0.29, 0.717) is 10.3 Å². The summed E-state index contributed by atoms with van der Waals surface area (Å²) >= 11 is 0. The first-order chi connectivity index (χ1) is 32.1. The molecule has 1 atom stereocenters. The molecule has 65 heavy (non-hydrogen) atoms. The molecular formula is C60H42N5+. The number of H-pyrrole nitrogens is 1. The maximum absolute atomic E-state index is 5.42. The van der Waals surface area contributed by atoms with Crippen molar-refractivity contribution in [1.29, 1.82) is 0 Å². The molecule has 1 unspecified atom stereocenters. The number of hydrogen-bond donors (Lipinski definition) is 1. The van der Waals surface area contributed by atoms with Crippen molar-refractivity contribution in [2.45, 2.75) is 12.8 Å². The van der Waals surface area contributed by atoms with Gasteiger partial charge in [0.1, 0.15) is 11.4 Å². The lowest BCUT2D eigenvalue weighted by molar-refractivity contribution is 0.545. The van der Waals surface area contributed by atoms with Gasteiger partial charge in [0.15, 0.2) is 11.5 Å². The molecule has 2 aliphatic rings. The van der Waals surface area contributed by atoms with Gasteiger partial charge in [0.25, 0.3) is 0 Å². The van der Waals surface area contributed by atoms with Crippen molar-refractivity contribution in [2.75, 3.05) is 7.05 Å². The average molecular weight is 833 g/mol. The van der Waals surface area contributed by atoms with E-state index in [9.17, 15) is 0 Å². The summed E-state index contributed by atoms with van der Waals surface area (Å²) in [5, 5.41) is 5.83. The molecule has 0 saturated heterocycles. The van der Waals surface area contributed by atoms with Gasteiger partial charge in [0, 0.05) is 73.6 Å². The van der Waals surface area contributed by atoms with Crippen LogP contribution in [-0.4, -0.2) is 27.0 Å². The van der Waals surface area contributed by atoms with E-state index in [1.54, 1.807) is 0 Å². The second-order valence-electron chi connectivity index (χ2n) is 17.5. The van der Waals surface area contributed by atoms with Gasteiger partial charge in [-0.2, -0.15) is 0 Å². The molecule has 306 valence electrons. The number of hydrogen-bond acceptors (Lipinski definition) is 3. The number of fused-ring (bicyclic) bond motifs is 8. The summed E-state index contributed by atoms with van der Waals surface area (Å²) in [6, 6.07) is 69.4. The number of benzene rings is 8. The predicted octanol–water partition coefficient (Wildman–Crippen LogP) is 15.5. The fourth-order valence-corrected chi connectivity index (χ4v) is 10.5. The molecule has 13 rings (SSSR count). The van der Waals surface area contributed by atoms with Gasteiger partial charge in [0.05, 0.1) is 35.2 Å². The van der Waals surface area contributed by atoms with Crippen LogP contribution in [0.3, 0.4) is 0 Å². The van der Waals surface area contributed by atoms with Crippen LogP contribution in [0.4, 0.5) is 11.4 Å². The predicted molar refractivity (Wildman–Crippen MR) is 270 cm³/mol. The molecule has 4 heterocycles. The maximum Gasteiger partial charge on any atom is 0.160 e. The van der Waals surface area contributed by atoms with Crippen molar-refractivity contribution in [3.05, 3.63) is 218 Å². The van der Waals surface area contributed by atoms with Crippen LogP contribution in [0.2, 0.25) is 0 Å². The number of rotatable bonds is 6. The molecule has 5 nitrogen and oxygen atoms in total. The lowest BCUT2D eigenvalue weighted by Gasteiger charge is -2.33. The quantitative estimate of drug-likeness (QED) is 0.134. The minimum absolute atomic E-state index is 0.663. The molecule has 1 aliphatic carbocycles. The van der Waals surface area contributed by atoms with Crippen LogP contribution in [-0.2, 0) is 0 Å². The Bertz CT molecular complexity index is 3780. The Morgan fingerprint density at radius 2 is 1.20 bits per heavy atom. The number of para-hydroxylation sites is 2. The molecule has 1 N–H and O–H groups in total. The Morgan fingerprint density at radius 3 is 2.08 bits per heavy atom. The lowest BCUT2D eigenvalue weighted by atomic mass is 9.96. The SMILES string of the molecule is C[N+]1(c2cccc(-c3cc(-c4ccc(-c5cccc(-c6nc7cc8ccccc8cc7c7[nH]c8ccccc8c67)c5)cc4)nc(-c4ccccc4)n3)c2)C2=C(C=CCC2)c2ccccc21. The van der Waals surface area contributed by atoms with E-state index < -0.39 is 0 Å². The second kappa shape index (κ2) is 14.7. The Kier molecular flexibility index (Phi) is 8.42. The van der Waals surface area contributed by atoms with Gasteiger partial charge in [-0.25, -0.2) is 19.4 Å². The van der Waals surface area contributed by atoms with Gasteiger partial charge < -0.3 is 4.98 Å². The molecule has 5 heteroatoms. The summed E-state index contributed by atoms with van der Waals surface area (Å²) in [6.07, 6.45) is 6.71. The van der Waals surface area contributed by atoms with Gasteiger partial charge in [-0.3, -0.25) is 0 Å². The topological polar surface area (TPSA) is 54.5 Å². The van der Waals surface area contributed by atoms with Crippen molar-refractivity contribution in [3.8, 4) is 56.3 Å². The zero-order valence-electron chi connectivity index (χ0n) is 35.8. The molecule has 3 aromatic heterocycles. The summed E-state index contributed by atoms with van der Waals surface area (Å²) in [5.74, 6) is 0.703. The second-order valence-corrected chi connectivity index (χ2v) is 17.5. The third kappa shape index (κ3) is 6.01. The average Bonchev–Trinajstić information content (AvgIpc) is 3.90. The van der Waals surface area contributed by atoms with Crippen LogP contribution < -0.4 is 4.48 Å². The van der Waals surface area contributed by atoms with Gasteiger partial charge in [-0.05, 0) is 70.8 Å². The zero-order chi connectivity index (χ0) is 43.1. The highest BCUT2D eigenvalue weighted by Crippen LogP contribution is 2.53. The van der Waals surface area contributed by atoms with Gasteiger partial charge in [0.2, 0.25) is 0 Å². The summed E-state index contributed by atoms with van der Waals surface area (Å²) < 4.78 is 0.663. The monoisotopic (exact) mass is 832 g/mol. The van der Waals surface area contributed by atoms with Crippen LogP contribution in [0.5, 0.6) is 0 Å². The summed E-state index contributed by atoms with van der Waals surface area (Å²) in [5.41, 5.74) is 19.0. The Hall–Kier alpha value is -8.25. The van der Waals surface area contributed by atoms with E-state index in [2.05, 4.69) is 200 Å². The smallest absolute Gasteiger partial charge is 0.160 e. The van der Waals surface area contributed by atoms with Crippen molar-refractivity contribution < 1.29 is 0 Å². The molecule has 0 spiro atoms. The van der Waals surface area contributed by atoms with E-state index in [0.717, 1.165) is 90.6 Å². The normalized spacial score (nSPS) is 15.6. The van der Waals surface area contributed by atoms with E-state index in [-0.39, 0.29) is 0 Å². The molecule has 0 saturated carbocycles. The zero-order valence-corrected chi connectivity index (χ0v) is 35.8. The van der Waals surface area contributed by atoms with Gasteiger partial charge in [-0.15, -0.1) is 0 Å². The summed E-state index contributed by atoms with van der Waals surface area (Å²) in [6.45, 7) is 0. The number of quaternary nitrogens is 1. The minimum Gasteiger partial charge on any atom is -0.354 e. The third-order valence-corrected chi connectivity index (χ3v) is 13.7. The maximum atomic E-state index is 5.42. The Labute approximate surface area is 377 Å². The highest BCUT2D eigenvalue weighted by atomic mass is 15.4. The summed E-state index contributed by atoms with van der Waals surface area (Å²) in [4.78, 5) is 19.6. The van der Waals surface area contributed by atoms with Crippen LogP contribution >= 0.6 is 0 Å². The Morgan fingerprint density at radius 1 is 0.508 bits per heavy atom. The first-order valence-corrected chi connectivity index (χ1v) is 22.4. The number of allylic oxidation sites excluding steroid dienone is 4. The fraction of sp³-hybridized carbons (Fsp3) is 0.0500. The molecule has 0 bridgehead atoms. The van der Waals surface area contributed by atoms with Crippen molar-refractivity contribution in [1.82, 2.24) is 24.4 Å². The van der Waals surface area contributed by atoms with Crippen LogP contribution in [0.1, 0.15) is 18.4 Å². The molecule has 0 fully saturated rings. The van der Waals surface area contributed by atoms with Crippen molar-refractivity contribution in [2.24, 2.45) is 0 Å². The van der Waals surface area contributed by atoms with Crippen LogP contribution in [0, 0.1) is 0 Å². The highest BCUT2D eigenvalue weighted by molar-refractivity contribution is 6.22. The highest BCUT2D eigenvalue weighted by Gasteiger charge is 2.44.